The highest BCUT2D eigenvalue weighted by atomic mass is 32.2. The van der Waals surface area contributed by atoms with E-state index in [0.29, 0.717) is 11.3 Å². The first-order chi connectivity index (χ1) is 10.4. The van der Waals surface area contributed by atoms with Gasteiger partial charge in [0.25, 0.3) is 0 Å². The Morgan fingerprint density at radius 2 is 1.73 bits per heavy atom. The quantitative estimate of drug-likeness (QED) is 0.825. The molecule has 1 aliphatic rings. The summed E-state index contributed by atoms with van der Waals surface area (Å²) in [5.41, 5.74) is 1.74. The van der Waals surface area contributed by atoms with Crippen LogP contribution in [0.2, 0.25) is 0 Å². The lowest BCUT2D eigenvalue weighted by atomic mass is 10.1. The van der Waals surface area contributed by atoms with Crippen LogP contribution in [0.5, 0.6) is 0 Å². The second-order valence-electron chi connectivity index (χ2n) is 5.83. The largest absolute Gasteiger partial charge is 0.368 e. The van der Waals surface area contributed by atoms with E-state index < -0.39 is 10.0 Å². The molecule has 0 aliphatic carbocycles. The molecule has 124 valence electrons. The number of rotatable bonds is 5. The average Bonchev–Trinajstić information content (AvgIpc) is 2.54. The summed E-state index contributed by atoms with van der Waals surface area (Å²) in [6.45, 7) is 8.92. The van der Waals surface area contributed by atoms with Gasteiger partial charge in [0.2, 0.25) is 10.0 Å². The van der Waals surface area contributed by atoms with Crippen LogP contribution in [0.3, 0.4) is 0 Å². The Morgan fingerprint density at radius 3 is 2.23 bits per heavy atom. The van der Waals surface area contributed by atoms with E-state index in [1.807, 2.05) is 25.1 Å². The topological polar surface area (TPSA) is 43.9 Å². The zero-order valence-electron chi connectivity index (χ0n) is 14.0. The maximum absolute atomic E-state index is 12.8. The third-order valence-electron chi connectivity index (χ3n) is 4.36. The molecule has 1 aromatic carbocycles. The Kier molecular flexibility index (Phi) is 5.47. The highest BCUT2D eigenvalue weighted by Crippen LogP contribution is 2.31. The van der Waals surface area contributed by atoms with Gasteiger partial charge in [-0.2, -0.15) is 0 Å². The number of sulfonamides is 1. The minimum Gasteiger partial charge on any atom is -0.368 e. The first-order valence-electron chi connectivity index (χ1n) is 7.93. The number of benzene rings is 1. The van der Waals surface area contributed by atoms with Crippen LogP contribution in [0.15, 0.2) is 23.1 Å². The van der Waals surface area contributed by atoms with Gasteiger partial charge in [-0.05, 0) is 24.6 Å². The maximum Gasteiger partial charge on any atom is 0.244 e. The monoisotopic (exact) mass is 325 g/mol. The second-order valence-corrected chi connectivity index (χ2v) is 7.92. The molecule has 1 heterocycles. The highest BCUT2D eigenvalue weighted by Gasteiger charge is 2.28. The molecular weight excluding hydrogens is 298 g/mol. The molecule has 0 bridgehead atoms. The zero-order chi connectivity index (χ0) is 16.3. The molecule has 0 amide bonds. The third-order valence-corrected chi connectivity index (χ3v) is 6.30. The summed E-state index contributed by atoms with van der Waals surface area (Å²) in [7, 11) is -0.245. The molecule has 0 N–H and O–H groups in total. The number of hydrogen-bond acceptors (Lipinski definition) is 4. The minimum absolute atomic E-state index is 0.479. The van der Waals surface area contributed by atoms with Gasteiger partial charge in [0.05, 0.1) is 5.69 Å². The Hall–Kier alpha value is -1.11. The maximum atomic E-state index is 12.8. The first-order valence-corrected chi connectivity index (χ1v) is 9.37. The number of likely N-dealkylation sites (N-methyl/N-ethyl adjacent to an activating group) is 1. The van der Waals surface area contributed by atoms with Crippen molar-refractivity contribution in [3.05, 3.63) is 23.8 Å². The van der Waals surface area contributed by atoms with Crippen LogP contribution in [-0.2, 0) is 16.4 Å². The van der Waals surface area contributed by atoms with Crippen molar-refractivity contribution in [3.8, 4) is 0 Å². The fraction of sp³-hybridized carbons (Fsp3) is 0.625. The van der Waals surface area contributed by atoms with Crippen molar-refractivity contribution in [2.45, 2.75) is 25.2 Å². The van der Waals surface area contributed by atoms with Crippen molar-refractivity contribution < 1.29 is 8.42 Å². The Labute approximate surface area is 134 Å². The van der Waals surface area contributed by atoms with Crippen LogP contribution in [0.4, 0.5) is 5.69 Å². The van der Waals surface area contributed by atoms with Crippen LogP contribution in [0.1, 0.15) is 19.4 Å². The summed E-state index contributed by atoms with van der Waals surface area (Å²) >= 11 is 0. The highest BCUT2D eigenvalue weighted by molar-refractivity contribution is 7.89. The van der Waals surface area contributed by atoms with E-state index in [0.717, 1.165) is 44.0 Å². The molecule has 0 atom stereocenters. The van der Waals surface area contributed by atoms with Gasteiger partial charge in [-0.1, -0.05) is 26.0 Å². The van der Waals surface area contributed by atoms with Crippen LogP contribution in [0.25, 0.3) is 0 Å². The predicted octanol–water partition coefficient (Wildman–Crippen LogP) is 1.64. The molecule has 0 radical (unpaired) electrons. The van der Waals surface area contributed by atoms with Crippen molar-refractivity contribution >= 4 is 15.7 Å². The van der Waals surface area contributed by atoms with E-state index in [1.54, 1.807) is 14.1 Å². The second kappa shape index (κ2) is 6.98. The van der Waals surface area contributed by atoms with Crippen molar-refractivity contribution in [1.29, 1.82) is 0 Å². The van der Waals surface area contributed by atoms with Crippen LogP contribution in [0, 0.1) is 0 Å². The van der Waals surface area contributed by atoms with Crippen molar-refractivity contribution in [1.82, 2.24) is 9.21 Å². The molecule has 1 fully saturated rings. The fourth-order valence-corrected chi connectivity index (χ4v) is 4.25. The van der Waals surface area contributed by atoms with E-state index in [2.05, 4.69) is 16.7 Å². The Bertz CT molecular complexity index is 606. The molecule has 5 nitrogen and oxygen atoms in total. The van der Waals surface area contributed by atoms with Gasteiger partial charge >= 0.3 is 0 Å². The minimum atomic E-state index is -3.44. The van der Waals surface area contributed by atoms with Crippen molar-refractivity contribution in [2.24, 2.45) is 0 Å². The Balaban J connectivity index is 2.45. The summed E-state index contributed by atoms with van der Waals surface area (Å²) in [5.74, 6) is 0. The van der Waals surface area contributed by atoms with Crippen molar-refractivity contribution in [3.63, 3.8) is 0 Å². The summed E-state index contributed by atoms with van der Waals surface area (Å²) in [6.07, 6.45) is 0.713. The number of anilines is 1. The van der Waals surface area contributed by atoms with Gasteiger partial charge in [-0.25, -0.2) is 12.7 Å². The molecular formula is C16H27N3O2S. The summed E-state index contributed by atoms with van der Waals surface area (Å²) in [6, 6.07) is 5.83. The summed E-state index contributed by atoms with van der Waals surface area (Å²) in [5, 5.41) is 0. The summed E-state index contributed by atoms with van der Waals surface area (Å²) in [4.78, 5) is 5.08. The predicted molar refractivity (Wildman–Crippen MR) is 91.0 cm³/mol. The normalized spacial score (nSPS) is 17.2. The molecule has 0 saturated carbocycles. The Morgan fingerprint density at radius 1 is 1.09 bits per heavy atom. The SMILES string of the molecule is CCc1cccc(N2CCN(CC)CC2)c1S(=O)(=O)N(C)C. The number of nitrogens with zero attached hydrogens (tertiary/aromatic N) is 3. The molecule has 0 unspecified atom stereocenters. The van der Waals surface area contributed by atoms with E-state index in [9.17, 15) is 8.42 Å². The van der Waals surface area contributed by atoms with E-state index >= 15 is 0 Å². The molecule has 1 saturated heterocycles. The standard InChI is InChI=1S/C16H27N3O2S/c1-5-14-8-7-9-15(16(14)22(20,21)17(3)4)19-12-10-18(6-2)11-13-19/h7-9H,5-6,10-13H2,1-4H3. The third kappa shape index (κ3) is 3.29. The van der Waals surface area contributed by atoms with E-state index in [-0.39, 0.29) is 0 Å². The lowest BCUT2D eigenvalue weighted by Crippen LogP contribution is -2.46. The molecule has 1 aliphatic heterocycles. The van der Waals surface area contributed by atoms with Crippen LogP contribution < -0.4 is 4.90 Å². The smallest absolute Gasteiger partial charge is 0.244 e. The molecule has 0 spiro atoms. The van der Waals surface area contributed by atoms with Crippen molar-refractivity contribution in [2.75, 3.05) is 51.7 Å². The van der Waals surface area contributed by atoms with E-state index in [1.165, 1.54) is 4.31 Å². The zero-order valence-corrected chi connectivity index (χ0v) is 14.9. The number of hydrogen-bond donors (Lipinski definition) is 0. The van der Waals surface area contributed by atoms with Gasteiger partial charge in [-0.3, -0.25) is 0 Å². The van der Waals surface area contributed by atoms with Crippen LogP contribution >= 0.6 is 0 Å². The lowest BCUT2D eigenvalue weighted by molar-refractivity contribution is 0.270. The molecule has 0 aromatic heterocycles. The summed E-state index contributed by atoms with van der Waals surface area (Å²) < 4.78 is 26.9. The van der Waals surface area contributed by atoms with Gasteiger partial charge in [0.15, 0.2) is 0 Å². The fourth-order valence-electron chi connectivity index (χ4n) is 2.88. The van der Waals surface area contributed by atoms with Gasteiger partial charge in [0, 0.05) is 40.3 Å². The molecule has 2 rings (SSSR count). The van der Waals surface area contributed by atoms with Crippen LogP contribution in [-0.4, -0.2) is 64.4 Å². The van der Waals surface area contributed by atoms with Gasteiger partial charge in [-0.15, -0.1) is 0 Å². The molecule has 22 heavy (non-hydrogen) atoms. The first kappa shape index (κ1) is 17.2. The van der Waals surface area contributed by atoms with Gasteiger partial charge < -0.3 is 9.80 Å². The molecule has 6 heteroatoms. The average molecular weight is 325 g/mol. The number of aryl methyl sites for hydroxylation is 1. The molecule has 1 aromatic rings. The van der Waals surface area contributed by atoms with E-state index in [4.69, 9.17) is 0 Å². The number of piperazine rings is 1. The lowest BCUT2D eigenvalue weighted by Gasteiger charge is -2.37. The van der Waals surface area contributed by atoms with Gasteiger partial charge in [0.1, 0.15) is 4.90 Å².